The van der Waals surface area contributed by atoms with Crippen LogP contribution < -0.4 is 9.47 Å². The molecule has 4 nitrogen and oxygen atoms in total. The molecule has 4 heteroatoms. The van der Waals surface area contributed by atoms with Crippen molar-refractivity contribution in [1.82, 2.24) is 0 Å². The molecule has 0 radical (unpaired) electrons. The molecule has 2 atom stereocenters. The number of hydrogen-bond donors (Lipinski definition) is 1. The van der Waals surface area contributed by atoms with Crippen LogP contribution in [0.2, 0.25) is 0 Å². The number of hydrogen-bond acceptors (Lipinski definition) is 4. The normalized spacial score (nSPS) is 22.9. The van der Waals surface area contributed by atoms with Crippen molar-refractivity contribution in [3.8, 4) is 11.5 Å². The van der Waals surface area contributed by atoms with Crippen LogP contribution in [0, 0.1) is 5.92 Å². The molecule has 1 aliphatic rings. The van der Waals surface area contributed by atoms with Crippen molar-refractivity contribution in [2.45, 2.75) is 52.1 Å². The van der Waals surface area contributed by atoms with Gasteiger partial charge in [0.1, 0.15) is 17.6 Å². The lowest BCUT2D eigenvalue weighted by Gasteiger charge is -2.32. The summed E-state index contributed by atoms with van der Waals surface area (Å²) >= 11 is 0. The van der Waals surface area contributed by atoms with Crippen LogP contribution in [0.4, 0.5) is 0 Å². The standard InChI is InChI=1S/C17H25NO3/c1-4-13-7-5-6-8-16(13)21-17-11-14(20-3)9-10-15(17)12(2)18-19/h9-11,13,16,19H,4-8H2,1-3H3/b18-12+. The topological polar surface area (TPSA) is 51.0 Å². The Labute approximate surface area is 126 Å². The largest absolute Gasteiger partial charge is 0.497 e. The Balaban J connectivity index is 2.27. The summed E-state index contributed by atoms with van der Waals surface area (Å²) in [6.45, 7) is 3.99. The lowest BCUT2D eigenvalue weighted by molar-refractivity contribution is 0.0899. The number of ether oxygens (including phenoxy) is 2. The first kappa shape index (κ1) is 15.7. The lowest BCUT2D eigenvalue weighted by Crippen LogP contribution is -2.30. The van der Waals surface area contributed by atoms with Gasteiger partial charge in [-0.15, -0.1) is 0 Å². The number of nitrogens with zero attached hydrogens (tertiary/aromatic N) is 1. The molecule has 1 fully saturated rings. The second-order valence-electron chi connectivity index (χ2n) is 5.66. The molecule has 21 heavy (non-hydrogen) atoms. The van der Waals surface area contributed by atoms with Gasteiger partial charge >= 0.3 is 0 Å². The van der Waals surface area contributed by atoms with Gasteiger partial charge in [0.05, 0.1) is 12.8 Å². The molecule has 1 aromatic rings. The Kier molecular flexibility index (Phi) is 5.48. The number of methoxy groups -OCH3 is 1. The van der Waals surface area contributed by atoms with E-state index in [0.717, 1.165) is 29.9 Å². The molecule has 2 rings (SSSR count). The molecule has 1 aromatic carbocycles. The maximum Gasteiger partial charge on any atom is 0.132 e. The molecule has 0 spiro atoms. The van der Waals surface area contributed by atoms with E-state index in [0.29, 0.717) is 11.6 Å². The van der Waals surface area contributed by atoms with Gasteiger partial charge in [0.15, 0.2) is 0 Å². The van der Waals surface area contributed by atoms with Crippen molar-refractivity contribution in [3.63, 3.8) is 0 Å². The third kappa shape index (κ3) is 3.69. The Morgan fingerprint density at radius 2 is 2.10 bits per heavy atom. The smallest absolute Gasteiger partial charge is 0.132 e. The molecule has 0 heterocycles. The fourth-order valence-electron chi connectivity index (χ4n) is 3.04. The molecular formula is C17H25NO3. The van der Waals surface area contributed by atoms with E-state index in [1.165, 1.54) is 19.3 Å². The van der Waals surface area contributed by atoms with Gasteiger partial charge in [-0.05, 0) is 50.7 Å². The summed E-state index contributed by atoms with van der Waals surface area (Å²) in [6, 6.07) is 5.62. The third-order valence-electron chi connectivity index (χ3n) is 4.37. The fraction of sp³-hybridized carbons (Fsp3) is 0.588. The molecule has 1 saturated carbocycles. The van der Waals surface area contributed by atoms with E-state index in [1.807, 2.05) is 18.2 Å². The summed E-state index contributed by atoms with van der Waals surface area (Å²) < 4.78 is 11.6. The maximum atomic E-state index is 9.04. The second kappa shape index (κ2) is 7.34. The van der Waals surface area contributed by atoms with Gasteiger partial charge in [-0.1, -0.05) is 18.5 Å². The fourth-order valence-corrected chi connectivity index (χ4v) is 3.04. The van der Waals surface area contributed by atoms with E-state index in [4.69, 9.17) is 14.7 Å². The van der Waals surface area contributed by atoms with Crippen molar-refractivity contribution in [3.05, 3.63) is 23.8 Å². The summed E-state index contributed by atoms with van der Waals surface area (Å²) in [7, 11) is 1.64. The van der Waals surface area contributed by atoms with E-state index < -0.39 is 0 Å². The van der Waals surface area contributed by atoms with Gasteiger partial charge in [-0.3, -0.25) is 0 Å². The zero-order valence-corrected chi connectivity index (χ0v) is 13.1. The molecule has 0 aliphatic heterocycles. The lowest BCUT2D eigenvalue weighted by atomic mass is 9.84. The van der Waals surface area contributed by atoms with E-state index >= 15 is 0 Å². The van der Waals surface area contributed by atoms with Crippen molar-refractivity contribution in [1.29, 1.82) is 0 Å². The van der Waals surface area contributed by atoms with Gasteiger partial charge < -0.3 is 14.7 Å². The predicted octanol–water partition coefficient (Wildman–Crippen LogP) is 4.24. The molecular weight excluding hydrogens is 266 g/mol. The molecule has 2 unspecified atom stereocenters. The van der Waals surface area contributed by atoms with Crippen LogP contribution in [0.3, 0.4) is 0 Å². The van der Waals surface area contributed by atoms with Gasteiger partial charge in [0.2, 0.25) is 0 Å². The SMILES string of the molecule is CCC1CCCCC1Oc1cc(OC)ccc1/C(C)=N/O. The minimum atomic E-state index is 0.237. The first-order valence-electron chi connectivity index (χ1n) is 7.73. The minimum Gasteiger partial charge on any atom is -0.497 e. The van der Waals surface area contributed by atoms with Crippen molar-refractivity contribution in [2.24, 2.45) is 11.1 Å². The highest BCUT2D eigenvalue weighted by atomic mass is 16.5. The molecule has 0 amide bonds. The molecule has 0 bridgehead atoms. The van der Waals surface area contributed by atoms with E-state index in [1.54, 1.807) is 14.0 Å². The third-order valence-corrected chi connectivity index (χ3v) is 4.37. The second-order valence-corrected chi connectivity index (χ2v) is 5.66. The summed E-state index contributed by atoms with van der Waals surface area (Å²) in [5.41, 5.74) is 1.37. The van der Waals surface area contributed by atoms with Crippen molar-refractivity contribution in [2.75, 3.05) is 7.11 Å². The van der Waals surface area contributed by atoms with Crippen LogP contribution in [0.25, 0.3) is 0 Å². The monoisotopic (exact) mass is 291 g/mol. The first-order valence-corrected chi connectivity index (χ1v) is 7.73. The molecule has 0 aromatic heterocycles. The zero-order valence-electron chi connectivity index (χ0n) is 13.1. The summed E-state index contributed by atoms with van der Waals surface area (Å²) in [4.78, 5) is 0. The van der Waals surface area contributed by atoms with Crippen LogP contribution in [0.1, 0.15) is 51.5 Å². The van der Waals surface area contributed by atoms with Gasteiger partial charge in [0.25, 0.3) is 0 Å². The van der Waals surface area contributed by atoms with Crippen molar-refractivity contribution >= 4 is 5.71 Å². The van der Waals surface area contributed by atoms with Crippen LogP contribution in [0.5, 0.6) is 11.5 Å². The molecule has 1 N–H and O–H groups in total. The highest BCUT2D eigenvalue weighted by Gasteiger charge is 2.26. The summed E-state index contributed by atoms with van der Waals surface area (Å²) in [5, 5.41) is 12.3. The summed E-state index contributed by atoms with van der Waals surface area (Å²) in [5.74, 6) is 2.10. The number of benzene rings is 1. The highest BCUT2D eigenvalue weighted by molar-refractivity contribution is 6.00. The molecule has 0 saturated heterocycles. The number of oxime groups is 1. The Morgan fingerprint density at radius 1 is 1.33 bits per heavy atom. The molecule has 1 aliphatic carbocycles. The highest BCUT2D eigenvalue weighted by Crippen LogP contribution is 2.33. The van der Waals surface area contributed by atoms with Gasteiger partial charge in [-0.25, -0.2) is 0 Å². The predicted molar refractivity (Wildman–Crippen MR) is 83.7 cm³/mol. The molecule has 116 valence electrons. The van der Waals surface area contributed by atoms with E-state index in [2.05, 4.69) is 12.1 Å². The Bertz CT molecular complexity index is 499. The van der Waals surface area contributed by atoms with E-state index in [-0.39, 0.29) is 6.10 Å². The van der Waals surface area contributed by atoms with Crippen LogP contribution in [-0.4, -0.2) is 24.1 Å². The zero-order chi connectivity index (χ0) is 15.2. The minimum absolute atomic E-state index is 0.237. The average Bonchev–Trinajstić information content (AvgIpc) is 2.54. The quantitative estimate of drug-likeness (QED) is 0.501. The van der Waals surface area contributed by atoms with Crippen LogP contribution >= 0.6 is 0 Å². The van der Waals surface area contributed by atoms with Gasteiger partial charge in [0, 0.05) is 11.6 Å². The Morgan fingerprint density at radius 3 is 2.76 bits per heavy atom. The number of rotatable bonds is 5. The van der Waals surface area contributed by atoms with Crippen LogP contribution in [0.15, 0.2) is 23.4 Å². The Hall–Kier alpha value is -1.71. The van der Waals surface area contributed by atoms with Gasteiger partial charge in [-0.2, -0.15) is 0 Å². The van der Waals surface area contributed by atoms with E-state index in [9.17, 15) is 0 Å². The summed E-state index contributed by atoms with van der Waals surface area (Å²) in [6.07, 6.45) is 6.20. The maximum absolute atomic E-state index is 9.04. The first-order chi connectivity index (χ1) is 10.2. The van der Waals surface area contributed by atoms with Crippen molar-refractivity contribution < 1.29 is 14.7 Å². The average molecular weight is 291 g/mol. The van der Waals surface area contributed by atoms with Crippen LogP contribution in [-0.2, 0) is 0 Å².